The molecule has 0 spiro atoms. The van der Waals surface area contributed by atoms with Gasteiger partial charge in [-0.15, -0.1) is 0 Å². The zero-order valence-corrected chi connectivity index (χ0v) is 20.3. The van der Waals surface area contributed by atoms with Gasteiger partial charge in [-0.1, -0.05) is 18.2 Å². The Bertz CT molecular complexity index is 1010. The number of carbonyl (C=O) groups excluding carboxylic acids is 2. The number of amides is 3. The molecule has 0 saturated carbocycles. The van der Waals surface area contributed by atoms with Gasteiger partial charge in [0.2, 0.25) is 5.91 Å². The third-order valence-electron chi connectivity index (χ3n) is 5.84. The van der Waals surface area contributed by atoms with Crippen LogP contribution in [0.4, 0.5) is 10.5 Å². The van der Waals surface area contributed by atoms with E-state index in [-0.39, 0.29) is 18.0 Å². The molecule has 1 atom stereocenters. The van der Waals surface area contributed by atoms with Crippen LogP contribution in [0.25, 0.3) is 0 Å². The van der Waals surface area contributed by atoms with Crippen molar-refractivity contribution >= 4 is 17.6 Å². The van der Waals surface area contributed by atoms with Crippen molar-refractivity contribution in [3.63, 3.8) is 0 Å². The zero-order chi connectivity index (χ0) is 24.1. The second-order valence-corrected chi connectivity index (χ2v) is 8.52. The first-order chi connectivity index (χ1) is 15.7. The van der Waals surface area contributed by atoms with Gasteiger partial charge in [-0.05, 0) is 41.8 Å². The summed E-state index contributed by atoms with van der Waals surface area (Å²) in [6.45, 7) is 3.76. The van der Waals surface area contributed by atoms with Crippen molar-refractivity contribution in [2.45, 2.75) is 32.5 Å². The molecule has 0 bridgehead atoms. The molecule has 1 heterocycles. The Kier molecular flexibility index (Phi) is 7.81. The Morgan fingerprint density at radius 3 is 2.45 bits per heavy atom. The Balaban J connectivity index is 1.94. The van der Waals surface area contributed by atoms with E-state index >= 15 is 0 Å². The number of methoxy groups -OCH3 is 1. The summed E-state index contributed by atoms with van der Waals surface area (Å²) in [4.78, 5) is 30.4. The fourth-order valence-corrected chi connectivity index (χ4v) is 3.99. The molecule has 0 aromatic heterocycles. The van der Waals surface area contributed by atoms with Gasteiger partial charge < -0.3 is 24.6 Å². The van der Waals surface area contributed by atoms with Crippen LogP contribution in [0.5, 0.6) is 11.5 Å². The van der Waals surface area contributed by atoms with Crippen molar-refractivity contribution in [2.75, 3.05) is 47.2 Å². The summed E-state index contributed by atoms with van der Waals surface area (Å²) in [5.74, 6) is 1.37. The van der Waals surface area contributed by atoms with Crippen LogP contribution in [0.15, 0.2) is 36.4 Å². The topological polar surface area (TPSA) is 74.4 Å². The molecule has 3 rings (SSSR count). The fourth-order valence-electron chi connectivity index (χ4n) is 3.99. The maximum atomic E-state index is 12.8. The monoisotopic (exact) mass is 454 g/mol. The molecule has 1 unspecified atom stereocenters. The Morgan fingerprint density at radius 2 is 1.82 bits per heavy atom. The molecular weight excluding hydrogens is 420 g/mol. The summed E-state index contributed by atoms with van der Waals surface area (Å²) in [6.07, 6.45) is 0.332. The van der Waals surface area contributed by atoms with Gasteiger partial charge in [-0.3, -0.25) is 9.69 Å². The number of fused-ring (bicyclic) bond motifs is 1. The minimum Gasteiger partial charge on any atom is -0.493 e. The fraction of sp³-hybridized carbons (Fsp3) is 0.440. The summed E-state index contributed by atoms with van der Waals surface area (Å²) >= 11 is 0. The molecule has 2 aromatic rings. The number of nitrogens with zero attached hydrogens (tertiary/aromatic N) is 3. The van der Waals surface area contributed by atoms with Crippen LogP contribution in [-0.2, 0) is 17.9 Å². The molecule has 1 N–H and O–H groups in total. The largest absolute Gasteiger partial charge is 0.493 e. The number of ether oxygens (including phenoxy) is 2. The lowest BCUT2D eigenvalue weighted by atomic mass is 10.0. The summed E-state index contributed by atoms with van der Waals surface area (Å²) in [6, 6.07) is 11.5. The molecule has 2 aromatic carbocycles. The van der Waals surface area contributed by atoms with E-state index in [1.54, 1.807) is 40.2 Å². The van der Waals surface area contributed by atoms with Crippen molar-refractivity contribution in [3.05, 3.63) is 53.1 Å². The zero-order valence-electron chi connectivity index (χ0n) is 20.3. The third kappa shape index (κ3) is 5.57. The molecule has 8 heteroatoms. The van der Waals surface area contributed by atoms with Crippen LogP contribution in [0, 0.1) is 0 Å². The lowest BCUT2D eigenvalue weighted by molar-refractivity contribution is -0.130. The second kappa shape index (κ2) is 10.6. The Hall–Kier alpha value is -3.26. The van der Waals surface area contributed by atoms with Crippen molar-refractivity contribution < 1.29 is 19.1 Å². The highest BCUT2D eigenvalue weighted by Crippen LogP contribution is 2.39. The number of hydrogen-bond donors (Lipinski definition) is 1. The molecule has 0 saturated heterocycles. The number of rotatable bonds is 8. The summed E-state index contributed by atoms with van der Waals surface area (Å²) < 4.78 is 11.2. The quantitative estimate of drug-likeness (QED) is 0.658. The normalized spacial score (nSPS) is 13.8. The molecule has 0 fully saturated rings. The highest BCUT2D eigenvalue weighted by Gasteiger charge is 2.31. The molecular formula is C25H34N4O4. The number of benzene rings is 2. The van der Waals surface area contributed by atoms with E-state index in [0.717, 1.165) is 22.4 Å². The van der Waals surface area contributed by atoms with Gasteiger partial charge in [0.05, 0.1) is 13.7 Å². The van der Waals surface area contributed by atoms with Crippen molar-refractivity contribution in [2.24, 2.45) is 0 Å². The van der Waals surface area contributed by atoms with E-state index in [0.29, 0.717) is 37.6 Å². The minimum absolute atomic E-state index is 0.0471. The van der Waals surface area contributed by atoms with Gasteiger partial charge in [-0.2, -0.15) is 0 Å². The van der Waals surface area contributed by atoms with Crippen LogP contribution in [-0.4, -0.2) is 68.5 Å². The average Bonchev–Trinajstić information content (AvgIpc) is 3.22. The van der Waals surface area contributed by atoms with Crippen LogP contribution < -0.4 is 14.8 Å². The van der Waals surface area contributed by atoms with Crippen LogP contribution in [0.1, 0.15) is 36.1 Å². The molecule has 33 heavy (non-hydrogen) atoms. The van der Waals surface area contributed by atoms with E-state index in [4.69, 9.17) is 9.47 Å². The summed E-state index contributed by atoms with van der Waals surface area (Å²) in [5, 5.41) is 2.99. The van der Waals surface area contributed by atoms with Gasteiger partial charge in [0.1, 0.15) is 0 Å². The number of carbonyl (C=O) groups is 2. The maximum Gasteiger partial charge on any atom is 0.321 e. The Morgan fingerprint density at radius 1 is 1.06 bits per heavy atom. The van der Waals surface area contributed by atoms with Gasteiger partial charge in [0.15, 0.2) is 11.5 Å². The number of nitrogens with one attached hydrogen (secondary N) is 1. The highest BCUT2D eigenvalue weighted by atomic mass is 16.5. The van der Waals surface area contributed by atoms with E-state index in [1.807, 2.05) is 37.3 Å². The maximum absolute atomic E-state index is 12.8. The third-order valence-corrected chi connectivity index (χ3v) is 5.84. The van der Waals surface area contributed by atoms with Crippen LogP contribution >= 0.6 is 0 Å². The molecule has 0 radical (unpaired) electrons. The average molecular weight is 455 g/mol. The van der Waals surface area contributed by atoms with Gasteiger partial charge in [-0.25, -0.2) is 4.79 Å². The molecule has 8 nitrogen and oxygen atoms in total. The summed E-state index contributed by atoms with van der Waals surface area (Å²) in [5.41, 5.74) is 4.01. The van der Waals surface area contributed by atoms with Gasteiger partial charge in [0.25, 0.3) is 0 Å². The highest BCUT2D eigenvalue weighted by molar-refractivity contribution is 5.90. The first kappa shape index (κ1) is 24.4. The van der Waals surface area contributed by atoms with Crippen molar-refractivity contribution in [3.8, 4) is 11.5 Å². The predicted octanol–water partition coefficient (Wildman–Crippen LogP) is 3.72. The van der Waals surface area contributed by atoms with Crippen molar-refractivity contribution in [1.82, 2.24) is 14.7 Å². The van der Waals surface area contributed by atoms with E-state index < -0.39 is 0 Å². The molecule has 3 amide bonds. The summed E-state index contributed by atoms with van der Waals surface area (Å²) in [7, 11) is 8.59. The second-order valence-electron chi connectivity index (χ2n) is 8.52. The number of urea groups is 1. The molecule has 1 aliphatic heterocycles. The van der Waals surface area contributed by atoms with Crippen LogP contribution in [0.2, 0.25) is 0 Å². The van der Waals surface area contributed by atoms with Gasteiger partial charge in [0, 0.05) is 59.4 Å². The number of anilines is 1. The lowest BCUT2D eigenvalue weighted by Gasteiger charge is -2.29. The van der Waals surface area contributed by atoms with Gasteiger partial charge >= 0.3 is 6.03 Å². The smallest absolute Gasteiger partial charge is 0.321 e. The molecule has 178 valence electrons. The SMILES string of the molecule is CCOc1cc(C(CC(=O)N(C)C)N2Cc3cccc(NC(=O)N(C)C)c3C2)ccc1OC. The van der Waals surface area contributed by atoms with Crippen LogP contribution in [0.3, 0.4) is 0 Å². The predicted molar refractivity (Wildman–Crippen MR) is 129 cm³/mol. The standard InChI is InChI=1S/C25H34N4O4/c1-7-33-23-13-17(11-12-22(23)32-6)21(14-24(30)27(2)3)29-15-18-9-8-10-20(19(18)16-29)26-25(31)28(4)5/h8-13,21H,7,14-16H2,1-6H3,(H,26,31). The Labute approximate surface area is 196 Å². The molecule has 0 aliphatic carbocycles. The van der Waals surface area contributed by atoms with E-state index in [1.165, 1.54) is 4.90 Å². The van der Waals surface area contributed by atoms with Crippen molar-refractivity contribution in [1.29, 1.82) is 0 Å². The lowest BCUT2D eigenvalue weighted by Crippen LogP contribution is -2.31. The first-order valence-corrected chi connectivity index (χ1v) is 11.1. The number of hydrogen-bond acceptors (Lipinski definition) is 5. The first-order valence-electron chi connectivity index (χ1n) is 11.1. The molecule has 1 aliphatic rings. The minimum atomic E-state index is -0.169. The van der Waals surface area contributed by atoms with E-state index in [2.05, 4.69) is 16.3 Å². The van der Waals surface area contributed by atoms with E-state index in [9.17, 15) is 9.59 Å².